The fraction of sp³-hybridized carbons (Fsp3) is 0.500. The number of hydrogen-bond donors (Lipinski definition) is 0. The Morgan fingerprint density at radius 1 is 1.50 bits per heavy atom. The molecule has 0 heterocycles. The van der Waals surface area contributed by atoms with E-state index in [1.165, 1.54) is 0 Å². The van der Waals surface area contributed by atoms with E-state index in [0.29, 0.717) is 12.8 Å². The summed E-state index contributed by atoms with van der Waals surface area (Å²) in [4.78, 5) is 0. The molecule has 0 N–H and O–H groups in total. The van der Waals surface area contributed by atoms with E-state index in [-0.39, 0.29) is 5.92 Å². The van der Waals surface area contributed by atoms with Crippen molar-refractivity contribution in [3.05, 3.63) is 6.92 Å². The van der Waals surface area contributed by atoms with Crippen LogP contribution in [0.3, 0.4) is 0 Å². The minimum atomic E-state index is -0.213. The van der Waals surface area contributed by atoms with Gasteiger partial charge in [0.15, 0.2) is 0 Å². The molecular formula is C6H7N2. The fourth-order valence-electron chi connectivity index (χ4n) is 0.303. The van der Waals surface area contributed by atoms with Crippen molar-refractivity contribution in [1.82, 2.24) is 0 Å². The molecule has 0 bridgehead atoms. The van der Waals surface area contributed by atoms with Crippen LogP contribution in [0, 0.1) is 35.5 Å². The Hall–Kier alpha value is -1.02. The minimum absolute atomic E-state index is 0.213. The van der Waals surface area contributed by atoms with E-state index >= 15 is 0 Å². The monoisotopic (exact) mass is 107 g/mol. The van der Waals surface area contributed by atoms with Gasteiger partial charge in [-0.15, -0.1) is 0 Å². The first-order valence-electron chi connectivity index (χ1n) is 2.41. The predicted octanol–water partition coefficient (Wildman–Crippen LogP) is 1.26. The summed E-state index contributed by atoms with van der Waals surface area (Å²) in [7, 11) is 0. The molecule has 1 radical (unpaired) electrons. The van der Waals surface area contributed by atoms with Crippen molar-refractivity contribution in [2.24, 2.45) is 5.92 Å². The molecule has 0 fully saturated rings. The summed E-state index contributed by atoms with van der Waals surface area (Å²) in [6.07, 6.45) is 1.02. The normalized spacial score (nSPS) is 11.4. The van der Waals surface area contributed by atoms with Crippen molar-refractivity contribution < 1.29 is 0 Å². The van der Waals surface area contributed by atoms with E-state index in [0.717, 1.165) is 0 Å². The highest BCUT2D eigenvalue weighted by atomic mass is 14.3. The van der Waals surface area contributed by atoms with Gasteiger partial charge < -0.3 is 0 Å². The van der Waals surface area contributed by atoms with Crippen molar-refractivity contribution >= 4 is 0 Å². The first-order valence-corrected chi connectivity index (χ1v) is 2.41. The highest BCUT2D eigenvalue weighted by Gasteiger charge is 1.95. The molecule has 1 atom stereocenters. The number of nitrogens with zero attached hydrogens (tertiary/aromatic N) is 2. The SMILES string of the molecule is [CH2]C(C#N)CCC#N. The maximum Gasteiger partial charge on any atom is 0.0656 e. The van der Waals surface area contributed by atoms with Gasteiger partial charge in [0, 0.05) is 12.3 Å². The van der Waals surface area contributed by atoms with E-state index in [1.54, 1.807) is 0 Å². The molecule has 0 aromatic carbocycles. The zero-order valence-electron chi connectivity index (χ0n) is 4.59. The second kappa shape index (κ2) is 4.15. The maximum atomic E-state index is 8.14. The van der Waals surface area contributed by atoms with Crippen LogP contribution in [0.25, 0.3) is 0 Å². The molecule has 41 valence electrons. The zero-order chi connectivity index (χ0) is 6.41. The van der Waals surface area contributed by atoms with Crippen molar-refractivity contribution in [3.8, 4) is 12.1 Å². The van der Waals surface area contributed by atoms with Gasteiger partial charge in [0.25, 0.3) is 0 Å². The molecule has 0 aromatic rings. The van der Waals surface area contributed by atoms with Gasteiger partial charge in [0.2, 0.25) is 0 Å². The summed E-state index contributed by atoms with van der Waals surface area (Å²) in [5.41, 5.74) is 0. The van der Waals surface area contributed by atoms with Crippen molar-refractivity contribution in [2.45, 2.75) is 12.8 Å². The molecule has 2 heteroatoms. The predicted molar refractivity (Wildman–Crippen MR) is 29.3 cm³/mol. The summed E-state index contributed by atoms with van der Waals surface area (Å²) in [6, 6.07) is 3.88. The fourth-order valence-corrected chi connectivity index (χ4v) is 0.303. The van der Waals surface area contributed by atoms with Gasteiger partial charge in [0.1, 0.15) is 0 Å². The second-order valence-electron chi connectivity index (χ2n) is 1.52. The Labute approximate surface area is 49.3 Å². The molecule has 0 aliphatic carbocycles. The average Bonchev–Trinajstić information content (AvgIpc) is 1.83. The molecular weight excluding hydrogens is 100 g/mol. The summed E-state index contributed by atoms with van der Waals surface area (Å²) < 4.78 is 0. The quantitative estimate of drug-likeness (QED) is 0.533. The topological polar surface area (TPSA) is 47.6 Å². The lowest BCUT2D eigenvalue weighted by Gasteiger charge is -1.91. The summed E-state index contributed by atoms with van der Waals surface area (Å²) in [5.74, 6) is -0.213. The van der Waals surface area contributed by atoms with Crippen molar-refractivity contribution in [2.75, 3.05) is 0 Å². The third kappa shape index (κ3) is 3.18. The molecule has 1 unspecified atom stereocenters. The summed E-state index contributed by atoms with van der Waals surface area (Å²) in [6.45, 7) is 3.48. The van der Waals surface area contributed by atoms with Crippen LogP contribution in [0.2, 0.25) is 0 Å². The van der Waals surface area contributed by atoms with Gasteiger partial charge in [-0.3, -0.25) is 0 Å². The first kappa shape index (κ1) is 6.98. The second-order valence-corrected chi connectivity index (χ2v) is 1.52. The van der Waals surface area contributed by atoms with Gasteiger partial charge in [-0.1, -0.05) is 0 Å². The van der Waals surface area contributed by atoms with Gasteiger partial charge in [0.05, 0.1) is 12.1 Å². The third-order valence-corrected chi connectivity index (χ3v) is 0.787. The lowest BCUT2D eigenvalue weighted by atomic mass is 10.1. The zero-order valence-corrected chi connectivity index (χ0v) is 4.59. The lowest BCUT2D eigenvalue weighted by Crippen LogP contribution is -1.87. The first-order chi connectivity index (χ1) is 3.81. The minimum Gasteiger partial charge on any atom is -0.198 e. The largest absolute Gasteiger partial charge is 0.198 e. The van der Waals surface area contributed by atoms with Gasteiger partial charge in [-0.2, -0.15) is 10.5 Å². The molecule has 2 nitrogen and oxygen atoms in total. The van der Waals surface area contributed by atoms with Crippen molar-refractivity contribution in [3.63, 3.8) is 0 Å². The molecule has 0 saturated carbocycles. The van der Waals surface area contributed by atoms with Crippen LogP contribution < -0.4 is 0 Å². The number of rotatable bonds is 2. The Bertz CT molecular complexity index is 126. The van der Waals surface area contributed by atoms with E-state index in [2.05, 4.69) is 6.92 Å². The summed E-state index contributed by atoms with van der Waals surface area (Å²) >= 11 is 0. The molecule has 0 aliphatic heterocycles. The Morgan fingerprint density at radius 2 is 2.12 bits per heavy atom. The van der Waals surface area contributed by atoms with Crippen LogP contribution in [-0.2, 0) is 0 Å². The maximum absolute atomic E-state index is 8.14. The Balaban J connectivity index is 3.18. The average molecular weight is 107 g/mol. The lowest BCUT2D eigenvalue weighted by molar-refractivity contribution is 0.736. The highest BCUT2D eigenvalue weighted by Crippen LogP contribution is 2.00. The van der Waals surface area contributed by atoms with Gasteiger partial charge in [-0.25, -0.2) is 0 Å². The number of hydrogen-bond acceptors (Lipinski definition) is 2. The van der Waals surface area contributed by atoms with E-state index < -0.39 is 0 Å². The standard InChI is InChI=1S/C6H7N2/c1-6(5-8)3-2-4-7/h6H,1-3H2. The smallest absolute Gasteiger partial charge is 0.0656 e. The highest BCUT2D eigenvalue weighted by molar-refractivity contribution is 4.86. The summed E-state index contributed by atoms with van der Waals surface area (Å²) in [5, 5.41) is 16.2. The van der Waals surface area contributed by atoms with Crippen LogP contribution in [0.4, 0.5) is 0 Å². The van der Waals surface area contributed by atoms with Crippen molar-refractivity contribution in [1.29, 1.82) is 10.5 Å². The Kier molecular flexibility index (Phi) is 3.62. The van der Waals surface area contributed by atoms with Gasteiger partial charge in [-0.05, 0) is 13.3 Å². The molecule has 0 rings (SSSR count). The molecule has 0 aromatic heterocycles. The number of nitriles is 2. The molecule has 8 heavy (non-hydrogen) atoms. The Morgan fingerprint density at radius 3 is 2.50 bits per heavy atom. The van der Waals surface area contributed by atoms with Gasteiger partial charge >= 0.3 is 0 Å². The van der Waals surface area contributed by atoms with Crippen LogP contribution in [0.1, 0.15) is 12.8 Å². The third-order valence-electron chi connectivity index (χ3n) is 0.787. The van der Waals surface area contributed by atoms with E-state index in [1.807, 2.05) is 12.1 Å². The van der Waals surface area contributed by atoms with E-state index in [9.17, 15) is 0 Å². The van der Waals surface area contributed by atoms with Crippen LogP contribution >= 0.6 is 0 Å². The molecule has 0 saturated heterocycles. The molecule has 0 aliphatic rings. The van der Waals surface area contributed by atoms with Crippen LogP contribution in [-0.4, -0.2) is 0 Å². The molecule has 0 amide bonds. The molecule has 0 spiro atoms. The van der Waals surface area contributed by atoms with E-state index in [4.69, 9.17) is 10.5 Å². The van der Waals surface area contributed by atoms with Crippen LogP contribution in [0.5, 0.6) is 0 Å². The van der Waals surface area contributed by atoms with Crippen LogP contribution in [0.15, 0.2) is 0 Å².